The van der Waals surface area contributed by atoms with E-state index in [9.17, 15) is 0 Å². The lowest BCUT2D eigenvalue weighted by Gasteiger charge is -2.10. The molecule has 0 radical (unpaired) electrons. The number of thiophene rings is 3. The molecule has 0 bridgehead atoms. The lowest BCUT2D eigenvalue weighted by atomic mass is 9.98. The molecule has 0 saturated heterocycles. The second-order valence-electron chi connectivity index (χ2n) is 31.1. The molecule has 0 spiro atoms. The first-order chi connectivity index (χ1) is 61.9. The number of furan rings is 2. The molecule has 11 heteroatoms. The zero-order chi connectivity index (χ0) is 82.7. The van der Waals surface area contributed by atoms with E-state index in [-0.39, 0.29) is 0 Å². The molecule has 25 rings (SSSR count). The van der Waals surface area contributed by atoms with Crippen molar-refractivity contribution in [2.45, 2.75) is 0 Å². The Morgan fingerprint density at radius 1 is 0.152 bits per heavy atom. The van der Waals surface area contributed by atoms with Crippen LogP contribution in [0.1, 0.15) is 0 Å². The van der Waals surface area contributed by atoms with E-state index in [4.69, 9.17) is 38.7 Å². The van der Waals surface area contributed by atoms with E-state index in [0.717, 1.165) is 158 Å². The molecule has 586 valence electrons. The summed E-state index contributed by atoms with van der Waals surface area (Å²) in [4.78, 5) is 30.9. The summed E-state index contributed by atoms with van der Waals surface area (Å²) in [6, 6.07) is 148. The Morgan fingerprint density at radius 3 is 0.760 bits per heavy atom. The number of hydrogen-bond donors (Lipinski definition) is 0. The Morgan fingerprint density at radius 2 is 0.392 bits per heavy atom. The number of benzene rings is 17. The van der Waals surface area contributed by atoms with E-state index >= 15 is 0 Å². The van der Waals surface area contributed by atoms with Gasteiger partial charge in [-0.25, -0.2) is 29.9 Å². The minimum absolute atomic E-state index is 0.700. The van der Waals surface area contributed by atoms with Crippen LogP contribution in [0.5, 0.6) is 0 Å². The third-order valence-corrected chi connectivity index (χ3v) is 26.9. The fourth-order valence-corrected chi connectivity index (χ4v) is 20.5. The fraction of sp³-hybridized carbons (Fsp3) is 0. The lowest BCUT2D eigenvalue weighted by Crippen LogP contribution is -1.94. The van der Waals surface area contributed by atoms with E-state index in [1.54, 1.807) is 34.0 Å². The molecule has 0 aliphatic heterocycles. The van der Waals surface area contributed by atoms with Gasteiger partial charge in [0.15, 0.2) is 17.5 Å². The minimum Gasteiger partial charge on any atom is -0.456 e. The number of fused-ring (bicyclic) bond motifs is 15. The molecule has 8 aromatic heterocycles. The van der Waals surface area contributed by atoms with Gasteiger partial charge in [0.1, 0.15) is 22.3 Å². The first kappa shape index (κ1) is 74.3. The third-order valence-electron chi connectivity index (χ3n) is 23.4. The summed E-state index contributed by atoms with van der Waals surface area (Å²) in [6.45, 7) is 0. The summed E-state index contributed by atoms with van der Waals surface area (Å²) in [5, 5.41) is 7.93. The summed E-state index contributed by atoms with van der Waals surface area (Å²) in [5.41, 5.74) is 29.8. The second-order valence-corrected chi connectivity index (χ2v) is 34.2. The standard InChI is InChI=1S/C46H30N2S.2C34H20N2OS/c1-3-11-31(12-4-1)37-15-9-17-39(29-37)33-21-25-35(26-22-33)43-45-44(41-19-7-8-20-42(41)49-45)48-46(47-43)36-27-23-34(24-28-36)40-18-10-16-38(30-40)32-13-5-2-6-14-32;1-2-8-21(9-3-1)22-14-16-23(17-15-22)34-35-31(33-32(36-34)27-11-5-7-13-30(27)38-33)24-18-19-26-25-10-4-6-12-28(25)37-29(26)20-24;1-2-8-21(9-3-1)22-14-16-23(17-15-22)31-33-32(27-11-5-7-13-30(27)38-33)36-34(35-31)24-18-19-26-25-10-4-6-12-28(25)37-29(26)20-24/h1-30H;2*1-20H. The van der Waals surface area contributed by atoms with Gasteiger partial charge in [-0.05, 0) is 133 Å². The van der Waals surface area contributed by atoms with Gasteiger partial charge < -0.3 is 8.83 Å². The van der Waals surface area contributed by atoms with Gasteiger partial charge >= 0.3 is 0 Å². The van der Waals surface area contributed by atoms with Gasteiger partial charge in [-0.1, -0.05) is 358 Å². The van der Waals surface area contributed by atoms with Crippen molar-refractivity contribution in [1.82, 2.24) is 29.9 Å². The van der Waals surface area contributed by atoms with E-state index in [1.807, 2.05) is 48.5 Å². The van der Waals surface area contributed by atoms with Crippen LogP contribution in [-0.2, 0) is 0 Å². The molecule has 8 heterocycles. The summed E-state index contributed by atoms with van der Waals surface area (Å²) >= 11 is 5.25. The van der Waals surface area contributed by atoms with Crippen LogP contribution in [0.4, 0.5) is 0 Å². The Labute approximate surface area is 731 Å². The van der Waals surface area contributed by atoms with Crippen LogP contribution in [0.25, 0.3) is 239 Å². The van der Waals surface area contributed by atoms with Gasteiger partial charge in [-0.2, -0.15) is 0 Å². The van der Waals surface area contributed by atoms with Crippen LogP contribution < -0.4 is 0 Å². The van der Waals surface area contributed by atoms with Crippen LogP contribution in [0.3, 0.4) is 0 Å². The van der Waals surface area contributed by atoms with Crippen molar-refractivity contribution in [1.29, 1.82) is 0 Å². The van der Waals surface area contributed by atoms with Crippen molar-refractivity contribution in [2.24, 2.45) is 0 Å². The van der Waals surface area contributed by atoms with Gasteiger partial charge in [0.05, 0.1) is 47.7 Å². The van der Waals surface area contributed by atoms with Crippen LogP contribution in [0.15, 0.2) is 433 Å². The molecular weight excluding hydrogens is 1580 g/mol. The Balaban J connectivity index is 0.000000109. The highest BCUT2D eigenvalue weighted by molar-refractivity contribution is 7.27. The Kier molecular flexibility index (Phi) is 19.0. The summed E-state index contributed by atoms with van der Waals surface area (Å²) < 4.78 is 19.3. The number of aromatic nitrogens is 6. The van der Waals surface area contributed by atoms with Gasteiger partial charge in [0, 0.05) is 85.2 Å². The SMILES string of the molecule is c1ccc(-c2ccc(-c3nc(-c4ccc5c(c4)oc4ccccc45)c4sc5ccccc5c4n3)cc2)cc1.c1ccc(-c2ccc(-c3nc(-c4ccc5c(c4)oc4ccccc45)nc4c3sc3ccccc34)cc2)cc1.c1ccc(-c2cccc(-c3ccc(-c4nc(-c5ccc(-c6cccc(-c7ccccc7)c6)cc5)c5sc6ccccc6c5n4)cc3)c2)cc1. The molecule has 8 nitrogen and oxygen atoms in total. The molecular formula is C114H70N6O2S3. The van der Waals surface area contributed by atoms with Crippen molar-refractivity contribution in [2.75, 3.05) is 0 Å². The lowest BCUT2D eigenvalue weighted by molar-refractivity contribution is 0.668. The van der Waals surface area contributed by atoms with Crippen LogP contribution >= 0.6 is 34.0 Å². The van der Waals surface area contributed by atoms with E-state index < -0.39 is 0 Å². The molecule has 0 aliphatic carbocycles. The largest absolute Gasteiger partial charge is 0.456 e. The highest BCUT2D eigenvalue weighted by atomic mass is 32.1. The molecule has 125 heavy (non-hydrogen) atoms. The maximum atomic E-state index is 6.22. The van der Waals surface area contributed by atoms with Crippen LogP contribution in [0.2, 0.25) is 0 Å². The highest BCUT2D eigenvalue weighted by Gasteiger charge is 2.23. The number of nitrogens with zero attached hydrogens (tertiary/aromatic N) is 6. The predicted molar refractivity (Wildman–Crippen MR) is 525 cm³/mol. The van der Waals surface area contributed by atoms with Crippen molar-refractivity contribution < 1.29 is 8.83 Å². The van der Waals surface area contributed by atoms with Gasteiger partial charge in [0.2, 0.25) is 0 Å². The second kappa shape index (κ2) is 32.0. The molecule has 17 aromatic carbocycles. The first-order valence-electron chi connectivity index (χ1n) is 41.7. The van der Waals surface area contributed by atoms with E-state index in [1.165, 1.54) is 75.3 Å². The average Bonchev–Trinajstić information content (AvgIpc) is 1.62. The van der Waals surface area contributed by atoms with E-state index in [0.29, 0.717) is 5.82 Å². The first-order valence-corrected chi connectivity index (χ1v) is 44.1. The average molecular weight is 1650 g/mol. The maximum absolute atomic E-state index is 6.22. The predicted octanol–water partition coefficient (Wildman–Crippen LogP) is 32.3. The molecule has 0 saturated carbocycles. The summed E-state index contributed by atoms with van der Waals surface area (Å²) in [5.74, 6) is 2.15. The zero-order valence-electron chi connectivity index (χ0n) is 67.1. The molecule has 0 amide bonds. The van der Waals surface area contributed by atoms with Crippen molar-refractivity contribution >= 4 is 139 Å². The van der Waals surface area contributed by atoms with Gasteiger partial charge in [0.25, 0.3) is 0 Å². The fourth-order valence-electron chi connectivity index (χ4n) is 17.0. The quantitative estimate of drug-likeness (QED) is 0.119. The molecule has 0 fully saturated rings. The van der Waals surface area contributed by atoms with Crippen molar-refractivity contribution in [3.63, 3.8) is 0 Å². The summed E-state index contributed by atoms with van der Waals surface area (Å²) in [7, 11) is 0. The normalized spacial score (nSPS) is 11.5. The highest BCUT2D eigenvalue weighted by Crippen LogP contribution is 2.46. The third kappa shape index (κ3) is 14.2. The van der Waals surface area contributed by atoms with Crippen molar-refractivity contribution in [3.05, 3.63) is 425 Å². The van der Waals surface area contributed by atoms with Crippen LogP contribution in [-0.4, -0.2) is 29.9 Å². The number of para-hydroxylation sites is 2. The van der Waals surface area contributed by atoms with Gasteiger partial charge in [-0.3, -0.25) is 0 Å². The smallest absolute Gasteiger partial charge is 0.160 e. The molecule has 25 aromatic rings. The minimum atomic E-state index is 0.700. The monoisotopic (exact) mass is 1650 g/mol. The number of hydrogen-bond acceptors (Lipinski definition) is 11. The maximum Gasteiger partial charge on any atom is 0.160 e. The zero-order valence-corrected chi connectivity index (χ0v) is 69.6. The van der Waals surface area contributed by atoms with E-state index in [2.05, 4.69) is 376 Å². The molecule has 0 unspecified atom stereocenters. The molecule has 0 aliphatic rings. The summed E-state index contributed by atoms with van der Waals surface area (Å²) in [6.07, 6.45) is 0. The topological polar surface area (TPSA) is 104 Å². The van der Waals surface area contributed by atoms with Gasteiger partial charge in [-0.15, -0.1) is 34.0 Å². The Hall–Kier alpha value is -15.8. The molecule has 0 N–H and O–H groups in total. The van der Waals surface area contributed by atoms with Crippen LogP contribution in [0, 0.1) is 0 Å². The number of rotatable bonds is 12. The molecule has 0 atom stereocenters. The Bertz CT molecular complexity index is 8370. The van der Waals surface area contributed by atoms with Crippen molar-refractivity contribution in [3.8, 4) is 135 Å².